The molecule has 3 unspecified atom stereocenters. The van der Waals surface area contributed by atoms with Crippen molar-refractivity contribution in [2.24, 2.45) is 5.92 Å². The van der Waals surface area contributed by atoms with Gasteiger partial charge < -0.3 is 10.0 Å². The molecule has 2 aliphatic rings. The molecule has 2 nitrogen and oxygen atoms in total. The maximum absolute atomic E-state index is 11.0. The number of benzene rings is 1. The molecule has 2 bridgehead atoms. The van der Waals surface area contributed by atoms with Gasteiger partial charge >= 0.3 is 0 Å². The topological polar surface area (TPSA) is 23.5 Å². The van der Waals surface area contributed by atoms with Crippen molar-refractivity contribution in [3.63, 3.8) is 0 Å². The van der Waals surface area contributed by atoms with Crippen LogP contribution >= 0.6 is 0 Å². The van der Waals surface area contributed by atoms with Gasteiger partial charge in [0.25, 0.3) is 0 Å². The fourth-order valence-corrected chi connectivity index (χ4v) is 3.40. The average molecular weight is 231 g/mol. The molecule has 2 aliphatic heterocycles. The third-order valence-electron chi connectivity index (χ3n) is 4.59. The number of rotatable bonds is 2. The van der Waals surface area contributed by atoms with Gasteiger partial charge in [0.05, 0.1) is 5.60 Å². The summed E-state index contributed by atoms with van der Waals surface area (Å²) in [4.78, 5) is 2.48. The Morgan fingerprint density at radius 1 is 1.41 bits per heavy atom. The minimum Gasteiger partial charge on any atom is -0.385 e. The summed E-state index contributed by atoms with van der Waals surface area (Å²) in [6.45, 7) is 5.46. The van der Waals surface area contributed by atoms with Crippen LogP contribution in [-0.2, 0) is 12.0 Å². The van der Waals surface area contributed by atoms with Gasteiger partial charge in [-0.15, -0.1) is 0 Å². The lowest BCUT2D eigenvalue weighted by molar-refractivity contribution is -0.0502. The minimum atomic E-state index is -0.571. The normalized spacial score (nSPS) is 36.1. The van der Waals surface area contributed by atoms with E-state index in [4.69, 9.17) is 0 Å². The zero-order valence-electron chi connectivity index (χ0n) is 10.5. The van der Waals surface area contributed by atoms with Crippen LogP contribution in [0.2, 0.25) is 0 Å². The lowest BCUT2D eigenvalue weighted by Crippen LogP contribution is -2.44. The monoisotopic (exact) mass is 231 g/mol. The predicted molar refractivity (Wildman–Crippen MR) is 68.9 cm³/mol. The molecule has 0 saturated carbocycles. The zero-order valence-corrected chi connectivity index (χ0v) is 10.5. The van der Waals surface area contributed by atoms with Crippen LogP contribution < -0.4 is 0 Å². The Kier molecular flexibility index (Phi) is 2.72. The molecular weight excluding hydrogens is 210 g/mol. The van der Waals surface area contributed by atoms with Crippen molar-refractivity contribution >= 4 is 0 Å². The molecule has 1 aromatic carbocycles. The molecule has 1 N–H and O–H groups in total. The fraction of sp³-hybridized carbons (Fsp3) is 0.600. The van der Waals surface area contributed by atoms with E-state index in [2.05, 4.69) is 36.1 Å². The first-order chi connectivity index (χ1) is 8.22. The number of hydrogen-bond donors (Lipinski definition) is 1. The highest BCUT2D eigenvalue weighted by Gasteiger charge is 2.45. The van der Waals surface area contributed by atoms with Gasteiger partial charge in [0, 0.05) is 19.0 Å². The first-order valence-corrected chi connectivity index (χ1v) is 6.76. The maximum Gasteiger partial charge on any atom is 0.0949 e. The van der Waals surface area contributed by atoms with E-state index >= 15 is 0 Å². The molecule has 1 aromatic rings. The molecule has 3 rings (SSSR count). The van der Waals surface area contributed by atoms with Crippen molar-refractivity contribution in [3.8, 4) is 0 Å². The summed E-state index contributed by atoms with van der Waals surface area (Å²) in [7, 11) is 0. The van der Waals surface area contributed by atoms with Crippen LogP contribution in [0.15, 0.2) is 24.3 Å². The fourth-order valence-electron chi connectivity index (χ4n) is 3.40. The molecular formula is C15H21NO. The van der Waals surface area contributed by atoms with E-state index in [1.54, 1.807) is 0 Å². The summed E-state index contributed by atoms with van der Waals surface area (Å²) in [5.41, 5.74) is 1.90. The van der Waals surface area contributed by atoms with Crippen LogP contribution in [0.5, 0.6) is 0 Å². The largest absolute Gasteiger partial charge is 0.385 e. The number of aryl methyl sites for hydroxylation is 1. The van der Waals surface area contributed by atoms with E-state index in [9.17, 15) is 5.11 Å². The van der Waals surface area contributed by atoms with E-state index < -0.39 is 5.60 Å². The summed E-state index contributed by atoms with van der Waals surface area (Å²) in [6, 6.07) is 8.55. The second-order valence-corrected chi connectivity index (χ2v) is 5.51. The van der Waals surface area contributed by atoms with Gasteiger partial charge in [-0.05, 0) is 36.9 Å². The van der Waals surface area contributed by atoms with Crippen molar-refractivity contribution in [2.75, 3.05) is 19.6 Å². The molecule has 0 aliphatic carbocycles. The van der Waals surface area contributed by atoms with E-state index in [-0.39, 0.29) is 0 Å². The molecule has 2 heteroatoms. The van der Waals surface area contributed by atoms with Crippen molar-refractivity contribution < 1.29 is 5.11 Å². The predicted octanol–water partition coefficient (Wildman–Crippen LogP) is 2.16. The van der Waals surface area contributed by atoms with Crippen LogP contribution in [0, 0.1) is 5.92 Å². The number of fused-ring (bicyclic) bond motifs is 2. The Bertz CT molecular complexity index is 417. The third-order valence-corrected chi connectivity index (χ3v) is 4.59. The highest BCUT2D eigenvalue weighted by Crippen LogP contribution is 2.42. The summed E-state index contributed by atoms with van der Waals surface area (Å²) in [5.74, 6) is 0.434. The number of hydrogen-bond acceptors (Lipinski definition) is 2. The van der Waals surface area contributed by atoms with Crippen molar-refractivity contribution in [2.45, 2.75) is 31.8 Å². The SMILES string of the molecule is CCc1cccc(C2(O)CCN3CCC2C3)c1. The first-order valence-electron chi connectivity index (χ1n) is 6.76. The Balaban J connectivity index is 1.95. The second-order valence-electron chi connectivity index (χ2n) is 5.51. The van der Waals surface area contributed by atoms with Gasteiger partial charge in [-0.1, -0.05) is 31.2 Å². The Hall–Kier alpha value is -0.860. The molecule has 92 valence electrons. The van der Waals surface area contributed by atoms with Gasteiger partial charge in [-0.25, -0.2) is 0 Å². The van der Waals surface area contributed by atoms with Crippen LogP contribution in [-0.4, -0.2) is 29.6 Å². The molecule has 2 fully saturated rings. The van der Waals surface area contributed by atoms with Crippen LogP contribution in [0.25, 0.3) is 0 Å². The lowest BCUT2D eigenvalue weighted by Gasteiger charge is -2.39. The molecule has 3 atom stereocenters. The summed E-state index contributed by atoms with van der Waals surface area (Å²) >= 11 is 0. The summed E-state index contributed by atoms with van der Waals surface area (Å²) < 4.78 is 0. The number of aliphatic hydroxyl groups is 1. The summed E-state index contributed by atoms with van der Waals surface area (Å²) in [5, 5.41) is 11.0. The first kappa shape index (κ1) is 11.2. The average Bonchev–Trinajstić information content (AvgIpc) is 2.79. The van der Waals surface area contributed by atoms with Gasteiger partial charge in [-0.2, -0.15) is 0 Å². The molecule has 0 radical (unpaired) electrons. The molecule has 2 saturated heterocycles. The minimum absolute atomic E-state index is 0.434. The van der Waals surface area contributed by atoms with Crippen LogP contribution in [0.1, 0.15) is 30.9 Å². The summed E-state index contributed by atoms with van der Waals surface area (Å²) in [6.07, 6.45) is 3.08. The smallest absolute Gasteiger partial charge is 0.0949 e. The Morgan fingerprint density at radius 3 is 3.12 bits per heavy atom. The second kappa shape index (κ2) is 4.11. The van der Waals surface area contributed by atoms with Gasteiger partial charge in [0.2, 0.25) is 0 Å². The van der Waals surface area contributed by atoms with Crippen molar-refractivity contribution in [1.82, 2.24) is 4.90 Å². The van der Waals surface area contributed by atoms with E-state index in [1.807, 2.05) is 0 Å². The zero-order chi connectivity index (χ0) is 11.9. The maximum atomic E-state index is 11.0. The molecule has 0 aromatic heterocycles. The lowest BCUT2D eigenvalue weighted by atomic mass is 9.76. The number of nitrogens with zero attached hydrogens (tertiary/aromatic N) is 1. The molecule has 2 heterocycles. The van der Waals surface area contributed by atoms with Crippen molar-refractivity contribution in [1.29, 1.82) is 0 Å². The molecule has 0 amide bonds. The van der Waals surface area contributed by atoms with E-state index in [0.717, 1.165) is 37.9 Å². The van der Waals surface area contributed by atoms with E-state index in [0.29, 0.717) is 5.92 Å². The molecule has 0 spiro atoms. The van der Waals surface area contributed by atoms with E-state index in [1.165, 1.54) is 12.1 Å². The Morgan fingerprint density at radius 2 is 2.29 bits per heavy atom. The van der Waals surface area contributed by atoms with Crippen LogP contribution in [0.4, 0.5) is 0 Å². The quantitative estimate of drug-likeness (QED) is 0.843. The van der Waals surface area contributed by atoms with Gasteiger partial charge in [-0.3, -0.25) is 0 Å². The highest BCUT2D eigenvalue weighted by atomic mass is 16.3. The van der Waals surface area contributed by atoms with Crippen molar-refractivity contribution in [3.05, 3.63) is 35.4 Å². The number of piperidine rings is 1. The Labute approximate surface area is 103 Å². The van der Waals surface area contributed by atoms with Crippen LogP contribution in [0.3, 0.4) is 0 Å². The van der Waals surface area contributed by atoms with Gasteiger partial charge in [0.1, 0.15) is 0 Å². The molecule has 17 heavy (non-hydrogen) atoms. The highest BCUT2D eigenvalue weighted by molar-refractivity contribution is 5.30. The standard InChI is InChI=1S/C15H21NO/c1-2-12-4-3-5-13(10-12)15(17)7-9-16-8-6-14(15)11-16/h3-5,10,14,17H,2,6-9,11H2,1H3. The third kappa shape index (κ3) is 1.80. The van der Waals surface area contributed by atoms with Gasteiger partial charge in [0.15, 0.2) is 0 Å².